The fourth-order valence-corrected chi connectivity index (χ4v) is 1.94. The molecule has 21 heavy (non-hydrogen) atoms. The monoisotopic (exact) mass is 303 g/mol. The lowest BCUT2D eigenvalue weighted by Gasteiger charge is -2.07. The van der Waals surface area contributed by atoms with E-state index in [0.29, 0.717) is 10.6 Å². The minimum Gasteiger partial charge on any atom is -0.322 e. The normalized spacial score (nSPS) is 9.57. The van der Waals surface area contributed by atoms with Crippen LogP contribution in [0.4, 0.5) is 5.69 Å². The molecule has 1 amide bonds. The second-order valence-electron chi connectivity index (χ2n) is 4.47. The van der Waals surface area contributed by atoms with Crippen molar-refractivity contribution in [2.24, 2.45) is 0 Å². The highest BCUT2D eigenvalue weighted by molar-refractivity contribution is 6.31. The summed E-state index contributed by atoms with van der Waals surface area (Å²) >= 11 is 6.02. The first-order valence-corrected chi connectivity index (χ1v) is 7.64. The first-order valence-electron chi connectivity index (χ1n) is 7.26. The highest BCUT2D eigenvalue weighted by Crippen LogP contribution is 2.18. The van der Waals surface area contributed by atoms with Crippen molar-refractivity contribution in [3.8, 4) is 0 Å². The third-order valence-corrected chi connectivity index (χ3v) is 3.46. The third kappa shape index (κ3) is 4.91. The second-order valence-corrected chi connectivity index (χ2v) is 4.88. The van der Waals surface area contributed by atoms with Gasteiger partial charge >= 0.3 is 0 Å². The standard InChI is InChI=1S/C16H16ClNO.C2H6/c1-3-12-5-8-14(9-6-12)18-16(19)13-7-4-11(2)15(17)10-13;1-2/h4-10H,3H2,1-2H3,(H,18,19);1-2H3. The van der Waals surface area contributed by atoms with Crippen molar-refractivity contribution in [3.63, 3.8) is 0 Å². The van der Waals surface area contributed by atoms with Crippen LogP contribution in [0.25, 0.3) is 0 Å². The van der Waals surface area contributed by atoms with E-state index in [1.165, 1.54) is 5.56 Å². The summed E-state index contributed by atoms with van der Waals surface area (Å²) in [6.45, 7) is 8.01. The van der Waals surface area contributed by atoms with Crippen LogP contribution in [0.15, 0.2) is 42.5 Å². The molecule has 0 bridgehead atoms. The van der Waals surface area contributed by atoms with Gasteiger partial charge in [-0.15, -0.1) is 0 Å². The summed E-state index contributed by atoms with van der Waals surface area (Å²) < 4.78 is 0. The Morgan fingerprint density at radius 1 is 1.10 bits per heavy atom. The summed E-state index contributed by atoms with van der Waals surface area (Å²) in [5.74, 6) is -0.147. The minimum atomic E-state index is -0.147. The zero-order valence-electron chi connectivity index (χ0n) is 13.0. The van der Waals surface area contributed by atoms with Gasteiger partial charge in [-0.3, -0.25) is 4.79 Å². The van der Waals surface area contributed by atoms with Crippen molar-refractivity contribution in [1.82, 2.24) is 0 Å². The number of rotatable bonds is 3. The molecule has 0 radical (unpaired) electrons. The van der Waals surface area contributed by atoms with Gasteiger partial charge in [-0.1, -0.05) is 50.6 Å². The molecular weight excluding hydrogens is 282 g/mol. The molecule has 0 aliphatic carbocycles. The molecular formula is C18H22ClNO. The summed E-state index contributed by atoms with van der Waals surface area (Å²) in [7, 11) is 0. The van der Waals surface area contributed by atoms with Crippen LogP contribution in [0.3, 0.4) is 0 Å². The maximum absolute atomic E-state index is 12.1. The Bertz CT molecular complexity index is 591. The lowest BCUT2D eigenvalue weighted by atomic mass is 10.1. The fourth-order valence-electron chi connectivity index (χ4n) is 1.76. The molecule has 2 aromatic rings. The van der Waals surface area contributed by atoms with Crippen LogP contribution in [0.2, 0.25) is 5.02 Å². The van der Waals surface area contributed by atoms with E-state index in [2.05, 4.69) is 12.2 Å². The molecule has 0 atom stereocenters. The molecule has 2 rings (SSSR count). The molecule has 0 saturated carbocycles. The highest BCUT2D eigenvalue weighted by Gasteiger charge is 2.07. The number of carbonyl (C=O) groups excluding carboxylic acids is 1. The molecule has 0 aliphatic heterocycles. The molecule has 2 aromatic carbocycles. The Hall–Kier alpha value is -1.80. The van der Waals surface area contributed by atoms with E-state index < -0.39 is 0 Å². The molecule has 0 heterocycles. The van der Waals surface area contributed by atoms with Gasteiger partial charge in [0.15, 0.2) is 0 Å². The van der Waals surface area contributed by atoms with Crippen LogP contribution in [-0.2, 0) is 6.42 Å². The number of benzene rings is 2. The highest BCUT2D eigenvalue weighted by atomic mass is 35.5. The van der Waals surface area contributed by atoms with Gasteiger partial charge in [0.2, 0.25) is 0 Å². The van der Waals surface area contributed by atoms with E-state index in [1.807, 2.05) is 51.1 Å². The maximum Gasteiger partial charge on any atom is 0.255 e. The third-order valence-electron chi connectivity index (χ3n) is 3.05. The van der Waals surface area contributed by atoms with E-state index in [-0.39, 0.29) is 5.91 Å². The molecule has 0 aromatic heterocycles. The van der Waals surface area contributed by atoms with Gasteiger partial charge in [0.1, 0.15) is 0 Å². The lowest BCUT2D eigenvalue weighted by Crippen LogP contribution is -2.11. The molecule has 112 valence electrons. The second kappa shape index (κ2) is 8.48. The number of nitrogens with one attached hydrogen (secondary N) is 1. The summed E-state index contributed by atoms with van der Waals surface area (Å²) in [5.41, 5.74) is 3.57. The van der Waals surface area contributed by atoms with Crippen LogP contribution in [0.5, 0.6) is 0 Å². The number of hydrogen-bond acceptors (Lipinski definition) is 1. The van der Waals surface area contributed by atoms with Crippen molar-refractivity contribution in [3.05, 3.63) is 64.2 Å². The zero-order chi connectivity index (χ0) is 15.8. The van der Waals surface area contributed by atoms with Gasteiger partial charge in [-0.25, -0.2) is 0 Å². The van der Waals surface area contributed by atoms with Crippen molar-refractivity contribution in [1.29, 1.82) is 0 Å². The van der Waals surface area contributed by atoms with E-state index in [0.717, 1.165) is 17.7 Å². The lowest BCUT2D eigenvalue weighted by molar-refractivity contribution is 0.102. The van der Waals surface area contributed by atoms with E-state index in [9.17, 15) is 4.79 Å². The van der Waals surface area contributed by atoms with Gasteiger partial charge in [-0.2, -0.15) is 0 Å². The van der Waals surface area contributed by atoms with Crippen LogP contribution >= 0.6 is 11.6 Å². The number of aryl methyl sites for hydroxylation is 2. The smallest absolute Gasteiger partial charge is 0.255 e. The quantitative estimate of drug-likeness (QED) is 0.798. The van der Waals surface area contributed by atoms with Crippen molar-refractivity contribution < 1.29 is 4.79 Å². The van der Waals surface area contributed by atoms with Crippen molar-refractivity contribution >= 4 is 23.2 Å². The van der Waals surface area contributed by atoms with Gasteiger partial charge in [0.25, 0.3) is 5.91 Å². The Morgan fingerprint density at radius 2 is 1.71 bits per heavy atom. The summed E-state index contributed by atoms with van der Waals surface area (Å²) in [6, 6.07) is 13.1. The average Bonchev–Trinajstić information content (AvgIpc) is 2.52. The average molecular weight is 304 g/mol. The molecule has 0 aliphatic rings. The van der Waals surface area contributed by atoms with Gasteiger partial charge < -0.3 is 5.32 Å². The van der Waals surface area contributed by atoms with Gasteiger partial charge in [-0.05, 0) is 48.7 Å². The fraction of sp³-hybridized carbons (Fsp3) is 0.278. The molecule has 0 saturated heterocycles. The number of anilines is 1. The molecule has 0 spiro atoms. The molecule has 2 nitrogen and oxygen atoms in total. The summed E-state index contributed by atoms with van der Waals surface area (Å²) in [4.78, 5) is 12.1. The van der Waals surface area contributed by atoms with Crippen LogP contribution in [0.1, 0.15) is 42.3 Å². The van der Waals surface area contributed by atoms with Crippen molar-refractivity contribution in [2.45, 2.75) is 34.1 Å². The topological polar surface area (TPSA) is 29.1 Å². The Balaban J connectivity index is 0.00000106. The van der Waals surface area contributed by atoms with E-state index in [1.54, 1.807) is 12.1 Å². The molecule has 3 heteroatoms. The van der Waals surface area contributed by atoms with Gasteiger partial charge in [0.05, 0.1) is 0 Å². The number of carbonyl (C=O) groups is 1. The number of amides is 1. The summed E-state index contributed by atoms with van der Waals surface area (Å²) in [6.07, 6.45) is 0.988. The maximum atomic E-state index is 12.1. The minimum absolute atomic E-state index is 0.147. The SMILES string of the molecule is CC.CCc1ccc(NC(=O)c2ccc(C)c(Cl)c2)cc1. The Morgan fingerprint density at radius 3 is 2.24 bits per heavy atom. The largest absolute Gasteiger partial charge is 0.322 e. The predicted octanol–water partition coefficient (Wildman–Crippen LogP) is 5.49. The van der Waals surface area contributed by atoms with Crippen LogP contribution < -0.4 is 5.32 Å². The molecule has 0 fully saturated rings. The van der Waals surface area contributed by atoms with Crippen LogP contribution in [-0.4, -0.2) is 5.91 Å². The first kappa shape index (κ1) is 17.3. The predicted molar refractivity (Wildman–Crippen MR) is 91.3 cm³/mol. The zero-order valence-corrected chi connectivity index (χ0v) is 13.8. The van der Waals surface area contributed by atoms with Crippen LogP contribution in [0, 0.1) is 6.92 Å². The van der Waals surface area contributed by atoms with E-state index in [4.69, 9.17) is 11.6 Å². The first-order chi connectivity index (χ1) is 10.1. The van der Waals surface area contributed by atoms with Crippen molar-refractivity contribution in [2.75, 3.05) is 5.32 Å². The molecule has 1 N–H and O–H groups in total. The summed E-state index contributed by atoms with van der Waals surface area (Å²) in [5, 5.41) is 3.46. The number of hydrogen-bond donors (Lipinski definition) is 1. The Kier molecular flexibility index (Phi) is 6.97. The van der Waals surface area contributed by atoms with E-state index >= 15 is 0 Å². The Labute approximate surface area is 132 Å². The molecule has 0 unspecified atom stereocenters. The van der Waals surface area contributed by atoms with Gasteiger partial charge in [0, 0.05) is 16.3 Å². The number of halogens is 1.